The fourth-order valence-corrected chi connectivity index (χ4v) is 2.54. The predicted octanol–water partition coefficient (Wildman–Crippen LogP) is 3.06. The van der Waals surface area contributed by atoms with Gasteiger partial charge in [-0.25, -0.2) is 4.79 Å². The van der Waals surface area contributed by atoms with Gasteiger partial charge in [-0.3, -0.25) is 0 Å². The van der Waals surface area contributed by atoms with Crippen LogP contribution in [0.5, 0.6) is 5.75 Å². The Morgan fingerprint density at radius 1 is 1.09 bits per heavy atom. The maximum atomic E-state index is 12.3. The molecule has 4 nitrogen and oxygen atoms in total. The first-order valence-corrected chi connectivity index (χ1v) is 6.93. The number of benzene rings is 2. The van der Waals surface area contributed by atoms with Crippen LogP contribution in [0.1, 0.15) is 18.1 Å². The Kier molecular flexibility index (Phi) is 3.47. The molecule has 1 atom stereocenters. The van der Waals surface area contributed by atoms with E-state index in [1.165, 1.54) is 7.11 Å². The highest BCUT2D eigenvalue weighted by Gasteiger charge is 2.30. The molecule has 0 spiro atoms. The molecule has 0 aliphatic rings. The van der Waals surface area contributed by atoms with Gasteiger partial charge in [0, 0.05) is 5.39 Å². The van der Waals surface area contributed by atoms with Gasteiger partial charge in [0.1, 0.15) is 5.60 Å². The number of methoxy groups -OCH3 is 1. The SMILES string of the molecule is COc1cccc2cc(C(C)(O)c3ccccc3)c(=O)oc12. The summed E-state index contributed by atoms with van der Waals surface area (Å²) in [6.07, 6.45) is 0. The second kappa shape index (κ2) is 5.31. The first-order chi connectivity index (χ1) is 10.5. The van der Waals surface area contributed by atoms with Crippen molar-refractivity contribution in [1.29, 1.82) is 0 Å². The summed E-state index contributed by atoms with van der Waals surface area (Å²) >= 11 is 0. The van der Waals surface area contributed by atoms with Crippen LogP contribution in [0.4, 0.5) is 0 Å². The van der Waals surface area contributed by atoms with Crippen LogP contribution in [0.15, 0.2) is 63.8 Å². The zero-order valence-corrected chi connectivity index (χ0v) is 12.4. The number of para-hydroxylation sites is 1. The molecule has 3 rings (SSSR count). The molecule has 2 aromatic carbocycles. The molecular formula is C18H16O4. The van der Waals surface area contributed by atoms with Gasteiger partial charge in [-0.05, 0) is 24.6 Å². The minimum Gasteiger partial charge on any atom is -0.493 e. The maximum Gasteiger partial charge on any atom is 0.342 e. The van der Waals surface area contributed by atoms with Crippen molar-refractivity contribution in [3.05, 3.63) is 76.1 Å². The summed E-state index contributed by atoms with van der Waals surface area (Å²) in [5.41, 5.74) is -0.809. The molecule has 0 radical (unpaired) electrons. The minimum absolute atomic E-state index is 0.194. The van der Waals surface area contributed by atoms with Crippen molar-refractivity contribution in [2.75, 3.05) is 7.11 Å². The fraction of sp³-hybridized carbons (Fsp3) is 0.167. The average Bonchev–Trinajstić information content (AvgIpc) is 2.54. The van der Waals surface area contributed by atoms with Gasteiger partial charge in [-0.15, -0.1) is 0 Å². The molecule has 0 amide bonds. The molecule has 0 saturated carbocycles. The summed E-state index contributed by atoms with van der Waals surface area (Å²) in [5, 5.41) is 11.5. The lowest BCUT2D eigenvalue weighted by molar-refractivity contribution is 0.0985. The second-order valence-corrected chi connectivity index (χ2v) is 5.26. The van der Waals surface area contributed by atoms with E-state index in [4.69, 9.17) is 9.15 Å². The fourth-order valence-electron chi connectivity index (χ4n) is 2.54. The van der Waals surface area contributed by atoms with Crippen molar-refractivity contribution in [3.8, 4) is 5.75 Å². The summed E-state index contributed by atoms with van der Waals surface area (Å²) in [7, 11) is 1.52. The smallest absolute Gasteiger partial charge is 0.342 e. The average molecular weight is 296 g/mol. The second-order valence-electron chi connectivity index (χ2n) is 5.26. The van der Waals surface area contributed by atoms with Crippen molar-refractivity contribution in [1.82, 2.24) is 0 Å². The van der Waals surface area contributed by atoms with Crippen LogP contribution in [0, 0.1) is 0 Å². The molecule has 3 aromatic rings. The third kappa shape index (κ3) is 2.27. The van der Waals surface area contributed by atoms with Gasteiger partial charge in [0.15, 0.2) is 11.3 Å². The van der Waals surface area contributed by atoms with Gasteiger partial charge in [0.05, 0.1) is 12.7 Å². The van der Waals surface area contributed by atoms with E-state index >= 15 is 0 Å². The minimum atomic E-state index is -1.43. The summed E-state index contributed by atoms with van der Waals surface area (Å²) in [4.78, 5) is 12.3. The van der Waals surface area contributed by atoms with Crippen LogP contribution in [-0.2, 0) is 5.60 Å². The molecule has 1 unspecified atom stereocenters. The van der Waals surface area contributed by atoms with Crippen LogP contribution in [-0.4, -0.2) is 12.2 Å². The van der Waals surface area contributed by atoms with Gasteiger partial charge >= 0.3 is 5.63 Å². The first-order valence-electron chi connectivity index (χ1n) is 6.93. The molecule has 0 aliphatic carbocycles. The zero-order valence-electron chi connectivity index (χ0n) is 12.4. The summed E-state index contributed by atoms with van der Waals surface area (Å²) in [6.45, 7) is 1.58. The van der Waals surface area contributed by atoms with Gasteiger partial charge in [-0.1, -0.05) is 42.5 Å². The quantitative estimate of drug-likeness (QED) is 0.755. The lowest BCUT2D eigenvalue weighted by Gasteiger charge is -2.23. The molecule has 4 heteroatoms. The molecule has 1 N–H and O–H groups in total. The lowest BCUT2D eigenvalue weighted by atomic mass is 9.89. The summed E-state index contributed by atoms with van der Waals surface area (Å²) in [5.74, 6) is 0.487. The number of hydrogen-bond donors (Lipinski definition) is 1. The monoisotopic (exact) mass is 296 g/mol. The predicted molar refractivity (Wildman–Crippen MR) is 84.2 cm³/mol. The molecule has 0 bridgehead atoms. The van der Waals surface area contributed by atoms with Crippen LogP contribution < -0.4 is 10.4 Å². The van der Waals surface area contributed by atoms with E-state index < -0.39 is 11.2 Å². The molecule has 0 fully saturated rings. The normalized spacial score (nSPS) is 13.8. The number of rotatable bonds is 3. The van der Waals surface area contributed by atoms with Crippen molar-refractivity contribution < 1.29 is 14.3 Å². The van der Waals surface area contributed by atoms with E-state index in [0.717, 1.165) is 0 Å². The number of hydrogen-bond acceptors (Lipinski definition) is 4. The van der Waals surface area contributed by atoms with Crippen LogP contribution in [0.25, 0.3) is 11.0 Å². The van der Waals surface area contributed by atoms with E-state index in [2.05, 4.69) is 0 Å². The van der Waals surface area contributed by atoms with E-state index in [9.17, 15) is 9.90 Å². The van der Waals surface area contributed by atoms with Crippen molar-refractivity contribution in [2.24, 2.45) is 0 Å². The Bertz CT molecular complexity index is 863. The van der Waals surface area contributed by atoms with Gasteiger partial charge in [0.2, 0.25) is 0 Å². The van der Waals surface area contributed by atoms with Gasteiger partial charge < -0.3 is 14.3 Å². The van der Waals surface area contributed by atoms with E-state index in [0.29, 0.717) is 22.3 Å². The molecule has 0 saturated heterocycles. The largest absolute Gasteiger partial charge is 0.493 e. The topological polar surface area (TPSA) is 59.7 Å². The third-order valence-electron chi connectivity index (χ3n) is 3.80. The maximum absolute atomic E-state index is 12.3. The molecule has 22 heavy (non-hydrogen) atoms. The Balaban J connectivity index is 2.24. The molecule has 112 valence electrons. The highest BCUT2D eigenvalue weighted by Crippen LogP contribution is 2.31. The van der Waals surface area contributed by atoms with Crippen molar-refractivity contribution >= 4 is 11.0 Å². The van der Waals surface area contributed by atoms with Crippen LogP contribution in [0.3, 0.4) is 0 Å². The molecule has 1 aromatic heterocycles. The van der Waals surface area contributed by atoms with Gasteiger partial charge in [-0.2, -0.15) is 0 Å². The number of fused-ring (bicyclic) bond motifs is 1. The highest BCUT2D eigenvalue weighted by atomic mass is 16.5. The van der Waals surface area contributed by atoms with Crippen molar-refractivity contribution in [2.45, 2.75) is 12.5 Å². The Morgan fingerprint density at radius 3 is 2.50 bits per heavy atom. The number of ether oxygens (including phenoxy) is 1. The van der Waals surface area contributed by atoms with E-state index in [-0.39, 0.29) is 5.56 Å². The first kappa shape index (κ1) is 14.4. The standard InChI is InChI=1S/C18H16O4/c1-18(20,13-8-4-3-5-9-13)14-11-12-7-6-10-15(21-2)16(12)22-17(14)19/h3-11,20H,1-2H3. The molecule has 1 heterocycles. The van der Waals surface area contributed by atoms with Crippen molar-refractivity contribution in [3.63, 3.8) is 0 Å². The van der Waals surface area contributed by atoms with Crippen LogP contribution >= 0.6 is 0 Å². The molecule has 0 aliphatic heterocycles. The zero-order chi connectivity index (χ0) is 15.7. The number of aliphatic hydroxyl groups is 1. The Morgan fingerprint density at radius 2 is 1.82 bits per heavy atom. The summed E-state index contributed by atoms with van der Waals surface area (Å²) in [6, 6.07) is 16.0. The summed E-state index contributed by atoms with van der Waals surface area (Å²) < 4.78 is 10.6. The Labute approximate surface area is 127 Å². The van der Waals surface area contributed by atoms with E-state index in [1.807, 2.05) is 30.3 Å². The highest BCUT2D eigenvalue weighted by molar-refractivity contribution is 5.83. The lowest BCUT2D eigenvalue weighted by Crippen LogP contribution is -2.29. The third-order valence-corrected chi connectivity index (χ3v) is 3.80. The van der Waals surface area contributed by atoms with E-state index in [1.54, 1.807) is 31.2 Å². The Hall–Kier alpha value is -2.59. The molecular weight excluding hydrogens is 280 g/mol. The van der Waals surface area contributed by atoms with Crippen LogP contribution in [0.2, 0.25) is 0 Å². The van der Waals surface area contributed by atoms with Gasteiger partial charge in [0.25, 0.3) is 0 Å².